The monoisotopic (exact) mass is 333 g/mol. The van der Waals surface area contributed by atoms with Crippen LogP contribution in [0.25, 0.3) is 10.2 Å². The summed E-state index contributed by atoms with van der Waals surface area (Å²) in [6, 6.07) is 8.83. The van der Waals surface area contributed by atoms with Crippen LogP contribution in [0.4, 0.5) is 0 Å². The van der Waals surface area contributed by atoms with Crippen LogP contribution in [0.2, 0.25) is 0 Å². The molecule has 1 saturated carbocycles. The zero-order chi connectivity index (χ0) is 15.4. The number of hydrogen-bond donors (Lipinski definition) is 2. The summed E-state index contributed by atoms with van der Waals surface area (Å²) in [5, 5.41) is 8.78. The van der Waals surface area contributed by atoms with Crippen LogP contribution in [-0.2, 0) is 6.42 Å². The Morgan fingerprint density at radius 1 is 1.32 bits per heavy atom. The number of thiazole rings is 1. The second-order valence-corrected chi connectivity index (χ2v) is 7.62. The van der Waals surface area contributed by atoms with E-state index in [4.69, 9.17) is 12.2 Å². The number of nitrogens with zero attached hydrogens (tertiary/aromatic N) is 1. The van der Waals surface area contributed by atoms with E-state index in [1.807, 2.05) is 6.07 Å². The Balaban J connectivity index is 1.45. The minimum Gasteiger partial charge on any atom is -0.362 e. The minimum atomic E-state index is 0.538. The minimum absolute atomic E-state index is 0.538. The number of benzene rings is 1. The second kappa shape index (κ2) is 7.38. The van der Waals surface area contributed by atoms with E-state index in [1.54, 1.807) is 11.3 Å². The smallest absolute Gasteiger partial charge is 0.166 e. The summed E-state index contributed by atoms with van der Waals surface area (Å²) in [6.07, 6.45) is 6.14. The van der Waals surface area contributed by atoms with Crippen LogP contribution in [0.5, 0.6) is 0 Å². The lowest BCUT2D eigenvalue weighted by Crippen LogP contribution is -2.46. The molecule has 22 heavy (non-hydrogen) atoms. The van der Waals surface area contributed by atoms with Gasteiger partial charge in [0.2, 0.25) is 0 Å². The molecule has 1 aliphatic carbocycles. The van der Waals surface area contributed by atoms with Gasteiger partial charge >= 0.3 is 0 Å². The highest BCUT2D eigenvalue weighted by molar-refractivity contribution is 7.80. The summed E-state index contributed by atoms with van der Waals surface area (Å²) < 4.78 is 1.26. The van der Waals surface area contributed by atoms with Gasteiger partial charge in [-0.2, -0.15) is 0 Å². The Kier molecular flexibility index (Phi) is 5.26. The van der Waals surface area contributed by atoms with E-state index in [1.165, 1.54) is 35.4 Å². The van der Waals surface area contributed by atoms with Gasteiger partial charge in [0, 0.05) is 19.0 Å². The molecular weight excluding hydrogens is 310 g/mol. The predicted molar refractivity (Wildman–Crippen MR) is 98.5 cm³/mol. The molecule has 0 amide bonds. The molecule has 1 aliphatic rings. The van der Waals surface area contributed by atoms with Crippen LogP contribution >= 0.6 is 23.6 Å². The van der Waals surface area contributed by atoms with Gasteiger partial charge in [-0.1, -0.05) is 31.9 Å². The number of hydrogen-bond acceptors (Lipinski definition) is 3. The molecule has 2 N–H and O–H groups in total. The van der Waals surface area contributed by atoms with E-state index < -0.39 is 0 Å². The molecule has 5 heteroatoms. The maximum absolute atomic E-state index is 5.43. The van der Waals surface area contributed by atoms with Crippen molar-refractivity contribution in [3.05, 3.63) is 29.3 Å². The van der Waals surface area contributed by atoms with Crippen LogP contribution in [-0.4, -0.2) is 22.7 Å². The molecule has 3 rings (SSSR count). The Bertz CT molecular complexity index is 605. The van der Waals surface area contributed by atoms with E-state index in [0.717, 1.165) is 29.5 Å². The Morgan fingerprint density at radius 3 is 2.95 bits per heavy atom. The maximum atomic E-state index is 5.43. The van der Waals surface area contributed by atoms with Gasteiger partial charge in [0.05, 0.1) is 15.2 Å². The summed E-state index contributed by atoms with van der Waals surface area (Å²) in [5.41, 5.74) is 1.10. The lowest BCUT2D eigenvalue weighted by Gasteiger charge is -2.30. The molecule has 0 saturated heterocycles. The third kappa shape index (κ3) is 3.96. The van der Waals surface area contributed by atoms with Gasteiger partial charge in [0.1, 0.15) is 0 Å². The maximum Gasteiger partial charge on any atom is 0.166 e. The zero-order valence-electron chi connectivity index (χ0n) is 13.0. The molecule has 0 spiro atoms. The summed E-state index contributed by atoms with van der Waals surface area (Å²) in [7, 11) is 0. The lowest BCUT2D eigenvalue weighted by molar-refractivity contribution is 0.308. The first-order valence-electron chi connectivity index (χ1n) is 8.11. The first-order valence-corrected chi connectivity index (χ1v) is 9.33. The van der Waals surface area contributed by atoms with Gasteiger partial charge in [-0.05, 0) is 43.1 Å². The topological polar surface area (TPSA) is 37.0 Å². The highest BCUT2D eigenvalue weighted by Crippen LogP contribution is 2.23. The quantitative estimate of drug-likeness (QED) is 0.833. The number of rotatable bonds is 4. The van der Waals surface area contributed by atoms with Crippen molar-refractivity contribution in [3.8, 4) is 0 Å². The first kappa shape index (κ1) is 15.7. The van der Waals surface area contributed by atoms with E-state index in [-0.39, 0.29) is 0 Å². The Labute approximate surface area is 141 Å². The molecule has 0 radical (unpaired) electrons. The third-order valence-electron chi connectivity index (χ3n) is 4.39. The van der Waals surface area contributed by atoms with E-state index in [9.17, 15) is 0 Å². The highest BCUT2D eigenvalue weighted by Gasteiger charge is 2.21. The van der Waals surface area contributed by atoms with Gasteiger partial charge < -0.3 is 10.6 Å². The van der Waals surface area contributed by atoms with Crippen molar-refractivity contribution in [2.24, 2.45) is 5.92 Å². The largest absolute Gasteiger partial charge is 0.362 e. The van der Waals surface area contributed by atoms with E-state index in [2.05, 4.69) is 40.7 Å². The van der Waals surface area contributed by atoms with Crippen LogP contribution in [0.3, 0.4) is 0 Å². The van der Waals surface area contributed by atoms with Crippen molar-refractivity contribution in [1.29, 1.82) is 0 Å². The molecule has 1 aromatic heterocycles. The van der Waals surface area contributed by atoms with Crippen molar-refractivity contribution in [1.82, 2.24) is 15.6 Å². The predicted octanol–water partition coefficient (Wildman–Crippen LogP) is 3.88. The van der Waals surface area contributed by atoms with Gasteiger partial charge in [0.15, 0.2) is 5.11 Å². The number of para-hydroxylation sites is 1. The molecule has 0 bridgehead atoms. The standard InChI is InChI=1S/C17H23N3S2/c1-12-6-2-3-7-13(12)20-17(21)18-11-10-16-19-14-8-4-5-9-15(14)22-16/h4-5,8-9,12-13H,2-3,6-7,10-11H2,1H3,(H2,18,20,21)/t12-,13-/m1/s1. The average molecular weight is 334 g/mol. The number of nitrogens with one attached hydrogen (secondary N) is 2. The molecule has 118 valence electrons. The molecule has 0 aliphatic heterocycles. The molecule has 1 heterocycles. The lowest BCUT2D eigenvalue weighted by atomic mass is 9.86. The van der Waals surface area contributed by atoms with E-state index in [0.29, 0.717) is 6.04 Å². The normalized spacial score (nSPS) is 21.7. The Morgan fingerprint density at radius 2 is 2.14 bits per heavy atom. The van der Waals surface area contributed by atoms with Crippen LogP contribution in [0.1, 0.15) is 37.6 Å². The van der Waals surface area contributed by atoms with Gasteiger partial charge in [-0.25, -0.2) is 4.98 Å². The van der Waals surface area contributed by atoms with Crippen molar-refractivity contribution in [2.75, 3.05) is 6.54 Å². The van der Waals surface area contributed by atoms with Crippen molar-refractivity contribution >= 4 is 38.9 Å². The molecule has 1 fully saturated rings. The molecule has 2 atom stereocenters. The molecule has 1 aromatic carbocycles. The van der Waals surface area contributed by atoms with Crippen molar-refractivity contribution in [2.45, 2.75) is 45.1 Å². The molecule has 2 aromatic rings. The summed E-state index contributed by atoms with van der Waals surface area (Å²) in [6.45, 7) is 3.16. The van der Waals surface area contributed by atoms with Gasteiger partial charge in [-0.15, -0.1) is 11.3 Å². The molecule has 0 unspecified atom stereocenters. The fraction of sp³-hybridized carbons (Fsp3) is 0.529. The first-order chi connectivity index (χ1) is 10.7. The van der Waals surface area contributed by atoms with Crippen LogP contribution in [0.15, 0.2) is 24.3 Å². The summed E-state index contributed by atoms with van der Waals surface area (Å²) >= 11 is 7.20. The zero-order valence-corrected chi connectivity index (χ0v) is 14.6. The molecule has 3 nitrogen and oxygen atoms in total. The van der Waals surface area contributed by atoms with E-state index >= 15 is 0 Å². The van der Waals surface area contributed by atoms with Crippen molar-refractivity contribution < 1.29 is 0 Å². The number of fused-ring (bicyclic) bond motifs is 1. The van der Waals surface area contributed by atoms with Crippen LogP contribution < -0.4 is 10.6 Å². The highest BCUT2D eigenvalue weighted by atomic mass is 32.1. The van der Waals surface area contributed by atoms with Gasteiger partial charge in [-0.3, -0.25) is 0 Å². The summed E-state index contributed by atoms with van der Waals surface area (Å²) in [4.78, 5) is 4.65. The SMILES string of the molecule is C[C@@H]1CCCC[C@H]1NC(=S)NCCc1nc2ccccc2s1. The fourth-order valence-electron chi connectivity index (χ4n) is 3.06. The molecular formula is C17H23N3S2. The summed E-state index contributed by atoms with van der Waals surface area (Å²) in [5.74, 6) is 0.720. The third-order valence-corrected chi connectivity index (χ3v) is 5.75. The second-order valence-electron chi connectivity index (χ2n) is 6.09. The fourth-order valence-corrected chi connectivity index (χ4v) is 4.28. The Hall–Kier alpha value is -1.20. The number of aromatic nitrogens is 1. The number of thiocarbonyl (C=S) groups is 1. The van der Waals surface area contributed by atoms with Gasteiger partial charge in [0.25, 0.3) is 0 Å². The van der Waals surface area contributed by atoms with Crippen LogP contribution in [0, 0.1) is 5.92 Å². The van der Waals surface area contributed by atoms with Crippen molar-refractivity contribution in [3.63, 3.8) is 0 Å². The average Bonchev–Trinajstić information content (AvgIpc) is 2.92.